The van der Waals surface area contributed by atoms with Crippen molar-refractivity contribution in [3.05, 3.63) is 53.2 Å². The number of carbonyl (C=O) groups is 1. The topological polar surface area (TPSA) is 85.4 Å². The number of ether oxygens (including phenoxy) is 1. The molecule has 1 amide bonds. The first-order valence-corrected chi connectivity index (χ1v) is 10.3. The average Bonchev–Trinajstić information content (AvgIpc) is 2.97. The highest BCUT2D eigenvalue weighted by Crippen LogP contribution is 2.24. The number of pyridine rings is 1. The largest absolute Gasteiger partial charge is 0.439 e. The van der Waals surface area contributed by atoms with Gasteiger partial charge in [0.05, 0.1) is 17.4 Å². The van der Waals surface area contributed by atoms with Crippen molar-refractivity contribution >= 4 is 15.7 Å². The van der Waals surface area contributed by atoms with Crippen LogP contribution in [-0.4, -0.2) is 30.8 Å². The van der Waals surface area contributed by atoms with Gasteiger partial charge in [-0.15, -0.1) is 0 Å². The van der Waals surface area contributed by atoms with Gasteiger partial charge in [-0.3, -0.25) is 4.79 Å². The Morgan fingerprint density at radius 1 is 1.27 bits per heavy atom. The molecule has 1 aliphatic heterocycles. The number of hydrogen-bond donors (Lipinski definition) is 1. The van der Waals surface area contributed by atoms with Crippen LogP contribution in [0.25, 0.3) is 0 Å². The van der Waals surface area contributed by atoms with Crippen LogP contribution in [0.5, 0.6) is 11.6 Å². The molecule has 1 atom stereocenters. The quantitative estimate of drug-likeness (QED) is 0.869. The van der Waals surface area contributed by atoms with Crippen molar-refractivity contribution in [3.8, 4) is 11.6 Å². The van der Waals surface area contributed by atoms with Crippen LogP contribution in [-0.2, 0) is 21.2 Å². The highest BCUT2D eigenvalue weighted by atomic mass is 32.2. The highest BCUT2D eigenvalue weighted by molar-refractivity contribution is 7.91. The predicted octanol–water partition coefficient (Wildman–Crippen LogP) is 2.54. The van der Waals surface area contributed by atoms with Crippen molar-refractivity contribution in [2.75, 3.05) is 11.5 Å². The minimum absolute atomic E-state index is 0.0558. The van der Waals surface area contributed by atoms with Gasteiger partial charge in [0, 0.05) is 18.8 Å². The lowest BCUT2D eigenvalue weighted by Crippen LogP contribution is -2.30. The van der Waals surface area contributed by atoms with E-state index < -0.39 is 15.8 Å². The zero-order chi connectivity index (χ0) is 18.7. The molecular formula is C19H22N2O4S. The highest BCUT2D eigenvalue weighted by Gasteiger charge is 2.32. The molecule has 0 unspecified atom stereocenters. The van der Waals surface area contributed by atoms with Crippen molar-refractivity contribution in [2.24, 2.45) is 5.92 Å². The van der Waals surface area contributed by atoms with Gasteiger partial charge < -0.3 is 10.1 Å². The van der Waals surface area contributed by atoms with E-state index in [1.165, 1.54) is 0 Å². The molecule has 1 saturated heterocycles. The molecule has 0 spiro atoms. The SMILES string of the molecule is Cc1ccc(C)c(Oc2ccc(CNC(=O)[C@H]3CCS(=O)(=O)C3)cn2)c1. The van der Waals surface area contributed by atoms with Gasteiger partial charge in [0.15, 0.2) is 9.84 Å². The third kappa shape index (κ3) is 4.60. The number of nitrogens with one attached hydrogen (secondary N) is 1. The Bertz CT molecular complexity index is 908. The first kappa shape index (κ1) is 18.4. The number of aromatic nitrogens is 1. The van der Waals surface area contributed by atoms with Crippen LogP contribution in [0.15, 0.2) is 36.5 Å². The minimum atomic E-state index is -3.06. The van der Waals surface area contributed by atoms with Crippen LogP contribution in [0.2, 0.25) is 0 Å². The standard InChI is InChI=1S/C19H22N2O4S/c1-13-3-4-14(2)17(9-13)25-18-6-5-15(10-20-18)11-21-19(22)16-7-8-26(23,24)12-16/h3-6,9-10,16H,7-8,11-12H2,1-2H3,(H,21,22)/t16-/m0/s1. The number of hydrogen-bond acceptors (Lipinski definition) is 5. The van der Waals surface area contributed by atoms with Crippen molar-refractivity contribution in [3.63, 3.8) is 0 Å². The fraction of sp³-hybridized carbons (Fsp3) is 0.368. The fourth-order valence-corrected chi connectivity index (χ4v) is 4.58. The Labute approximate surface area is 153 Å². The lowest BCUT2D eigenvalue weighted by molar-refractivity contribution is -0.124. The number of aryl methyl sites for hydroxylation is 2. The molecule has 1 fully saturated rings. The summed E-state index contributed by atoms with van der Waals surface area (Å²) in [5.41, 5.74) is 2.96. The summed E-state index contributed by atoms with van der Waals surface area (Å²) in [7, 11) is -3.06. The first-order chi connectivity index (χ1) is 12.3. The normalized spacial score (nSPS) is 18.5. The van der Waals surface area contributed by atoms with Gasteiger partial charge >= 0.3 is 0 Å². The van der Waals surface area contributed by atoms with Gasteiger partial charge in [0.25, 0.3) is 0 Å². The molecule has 2 aromatic rings. The second-order valence-corrected chi connectivity index (χ2v) is 8.92. The van der Waals surface area contributed by atoms with Crippen LogP contribution in [0.3, 0.4) is 0 Å². The van der Waals surface area contributed by atoms with Gasteiger partial charge in [-0.05, 0) is 43.0 Å². The monoisotopic (exact) mass is 374 g/mol. The molecular weight excluding hydrogens is 352 g/mol. The van der Waals surface area contributed by atoms with E-state index in [0.717, 1.165) is 22.4 Å². The maximum absolute atomic E-state index is 12.1. The maximum atomic E-state index is 12.1. The van der Waals surface area contributed by atoms with E-state index in [0.29, 0.717) is 18.8 Å². The summed E-state index contributed by atoms with van der Waals surface area (Å²) in [5.74, 6) is 0.620. The van der Waals surface area contributed by atoms with Crippen LogP contribution >= 0.6 is 0 Å². The molecule has 7 heteroatoms. The molecule has 1 aromatic heterocycles. The number of amides is 1. The Balaban J connectivity index is 1.56. The summed E-state index contributed by atoms with van der Waals surface area (Å²) in [6.07, 6.45) is 2.04. The maximum Gasteiger partial charge on any atom is 0.224 e. The Morgan fingerprint density at radius 2 is 2.08 bits per heavy atom. The molecule has 0 radical (unpaired) electrons. The van der Waals surface area contributed by atoms with Gasteiger partial charge in [-0.2, -0.15) is 0 Å². The van der Waals surface area contributed by atoms with E-state index in [2.05, 4.69) is 10.3 Å². The van der Waals surface area contributed by atoms with Crippen molar-refractivity contribution in [2.45, 2.75) is 26.8 Å². The van der Waals surface area contributed by atoms with Crippen molar-refractivity contribution in [1.29, 1.82) is 0 Å². The summed E-state index contributed by atoms with van der Waals surface area (Å²) in [6, 6.07) is 9.57. The molecule has 1 aromatic carbocycles. The van der Waals surface area contributed by atoms with Crippen molar-refractivity contribution in [1.82, 2.24) is 10.3 Å². The van der Waals surface area contributed by atoms with Crippen LogP contribution in [0, 0.1) is 19.8 Å². The lowest BCUT2D eigenvalue weighted by Gasteiger charge is -2.11. The molecule has 0 bridgehead atoms. The zero-order valence-corrected chi connectivity index (χ0v) is 15.7. The number of rotatable bonds is 5. The second-order valence-electron chi connectivity index (χ2n) is 6.69. The summed E-state index contributed by atoms with van der Waals surface area (Å²) in [5, 5.41) is 2.78. The third-order valence-electron chi connectivity index (χ3n) is 4.43. The van der Waals surface area contributed by atoms with Crippen LogP contribution in [0.4, 0.5) is 0 Å². The van der Waals surface area contributed by atoms with Crippen molar-refractivity contribution < 1.29 is 17.9 Å². The van der Waals surface area contributed by atoms with E-state index in [4.69, 9.17) is 4.74 Å². The molecule has 3 rings (SSSR count). The van der Waals surface area contributed by atoms with Crippen LogP contribution < -0.4 is 10.1 Å². The van der Waals surface area contributed by atoms with Gasteiger partial charge in [0.2, 0.25) is 11.8 Å². The number of carbonyl (C=O) groups excluding carboxylic acids is 1. The summed E-state index contributed by atoms with van der Waals surface area (Å²) >= 11 is 0. The Morgan fingerprint density at radius 3 is 2.73 bits per heavy atom. The third-order valence-corrected chi connectivity index (χ3v) is 6.19. The summed E-state index contributed by atoms with van der Waals surface area (Å²) in [4.78, 5) is 16.3. The second kappa shape index (κ2) is 7.45. The van der Waals surface area contributed by atoms with E-state index in [1.54, 1.807) is 12.3 Å². The van der Waals surface area contributed by atoms with Crippen LogP contribution in [0.1, 0.15) is 23.1 Å². The summed E-state index contributed by atoms with van der Waals surface area (Å²) < 4.78 is 28.7. The molecule has 6 nitrogen and oxygen atoms in total. The van der Waals surface area contributed by atoms with Gasteiger partial charge in [-0.1, -0.05) is 18.2 Å². The molecule has 1 aliphatic rings. The number of benzene rings is 1. The zero-order valence-electron chi connectivity index (χ0n) is 14.9. The van der Waals surface area contributed by atoms with Gasteiger partial charge in [-0.25, -0.2) is 13.4 Å². The fourth-order valence-electron chi connectivity index (χ4n) is 2.84. The van der Waals surface area contributed by atoms with E-state index in [1.807, 2.05) is 38.1 Å². The minimum Gasteiger partial charge on any atom is -0.439 e. The average molecular weight is 374 g/mol. The number of sulfone groups is 1. The predicted molar refractivity (Wildman–Crippen MR) is 98.8 cm³/mol. The lowest BCUT2D eigenvalue weighted by atomic mass is 10.1. The Kier molecular flexibility index (Phi) is 5.27. The molecule has 26 heavy (non-hydrogen) atoms. The molecule has 0 aliphatic carbocycles. The first-order valence-electron chi connectivity index (χ1n) is 8.50. The van der Waals surface area contributed by atoms with E-state index in [-0.39, 0.29) is 17.4 Å². The van der Waals surface area contributed by atoms with E-state index in [9.17, 15) is 13.2 Å². The van der Waals surface area contributed by atoms with E-state index >= 15 is 0 Å². The molecule has 0 saturated carbocycles. The smallest absolute Gasteiger partial charge is 0.224 e. The number of nitrogens with zero attached hydrogens (tertiary/aromatic N) is 1. The van der Waals surface area contributed by atoms with Gasteiger partial charge in [0.1, 0.15) is 5.75 Å². The Hall–Kier alpha value is -2.41. The molecule has 138 valence electrons. The molecule has 2 heterocycles. The summed E-state index contributed by atoms with van der Waals surface area (Å²) in [6.45, 7) is 4.29. The molecule has 1 N–H and O–H groups in total.